The van der Waals surface area contributed by atoms with Crippen LogP contribution in [0.25, 0.3) is 33.5 Å². The molecule has 4 aliphatic heterocycles. The van der Waals surface area contributed by atoms with Gasteiger partial charge >= 0.3 is 28.4 Å². The summed E-state index contributed by atoms with van der Waals surface area (Å²) in [6.45, 7) is -1.82. The third-order valence-electron chi connectivity index (χ3n) is 13.3. The maximum Gasteiger partial charge on any atom is 0.472 e. The van der Waals surface area contributed by atoms with Crippen LogP contribution >= 0.6 is 33.8 Å². The minimum Gasteiger partial charge on any atom is -0.464 e. The number of carbonyl (C=O) groups excluding carboxylic acids is 1. The summed E-state index contributed by atoms with van der Waals surface area (Å²) in [6.07, 6.45) is -8.81. The molecule has 0 saturated carbocycles. The minimum absolute atomic E-state index is 0.0162. The molecule has 0 radical (unpaired) electrons. The van der Waals surface area contributed by atoms with Gasteiger partial charge in [0.25, 0.3) is 0 Å². The number of ether oxygens (including phenoxy) is 6. The number of nitrogens with zero attached hydrogens (tertiary/aromatic N) is 12. The zero-order chi connectivity index (χ0) is 57.1. The van der Waals surface area contributed by atoms with Crippen LogP contribution < -0.4 is 17.2 Å². The SMILES string of the molecule is COC1C(OP(=O)(O)OC[C@H]2O[C@@H](n3cnc4c(N)ncnc43)C(OP(=O)(O)OC[C@]34CCCOC3C(O)[C@H](n3cnc5c(N)ncnc53)O4)C2O)[C@H](n2cnc3c(N)ncnc32)O[C@@H]1COP(=O)(O)SCCOC(=O)C(C)(C)C. The first-order valence-electron chi connectivity index (χ1n) is 24.3. The van der Waals surface area contributed by atoms with Gasteiger partial charge in [-0.2, -0.15) is 0 Å². The second kappa shape index (κ2) is 22.6. The van der Waals surface area contributed by atoms with E-state index in [1.807, 2.05) is 0 Å². The van der Waals surface area contributed by atoms with E-state index in [1.165, 1.54) is 46.1 Å². The molecule has 0 spiro atoms. The zero-order valence-corrected chi connectivity index (χ0v) is 46.2. The number of carbonyl (C=O) groups is 1. The molecule has 39 heteroatoms. The standard InChI is InChI=1S/C41H56N15O20P3S/c1-40(2,3)39(59)68-8-9-80-79(64,65)70-11-20-26(66-4)28(38(73-20)56-18-53-23-32(44)47-15-50-35(23)56)76-77(60,61)69-10-19-24(57)27(37(72-19)55-17-52-22-31(43)46-14-49-34(22)55)75-78(62,63)71-12-41-6-5-7-67-29(41)25(58)36(74-41)54-16-51-21-30(42)45-13-48-33(21)54/h13-20,24-29,36-38,57-58H,5-12H2,1-4H3,(H,60,61)(H,62,63)(H,64,65)(H2,42,45,48)(H2,43,46,49)(H2,44,47,50)/t19-,20-,24?,25?,26?,27?,28?,29?,36-,37-,38-,41-/m1/s1. The Bertz CT molecular complexity index is 3390. The molecule has 10 rings (SSSR count). The summed E-state index contributed by atoms with van der Waals surface area (Å²) < 4.78 is 109. The van der Waals surface area contributed by atoms with Gasteiger partial charge < -0.3 is 70.5 Å². The number of hydrogen-bond acceptors (Lipinski definition) is 30. The number of anilines is 3. The number of esters is 1. The van der Waals surface area contributed by atoms with Crippen molar-refractivity contribution < 1.29 is 94.4 Å². The summed E-state index contributed by atoms with van der Waals surface area (Å²) in [7, 11) is -9.53. The number of aliphatic hydroxyl groups excluding tert-OH is 2. The third kappa shape index (κ3) is 11.7. The monoisotopic (exact) mass is 1200 g/mol. The molecule has 80 heavy (non-hydrogen) atoms. The Hall–Kier alpha value is -5.04. The smallest absolute Gasteiger partial charge is 0.464 e. The molecular weight excluding hydrogens is 1150 g/mol. The van der Waals surface area contributed by atoms with Crippen molar-refractivity contribution in [1.82, 2.24) is 58.6 Å². The van der Waals surface area contributed by atoms with Crippen molar-refractivity contribution >= 4 is 90.7 Å². The summed E-state index contributed by atoms with van der Waals surface area (Å²) in [5.74, 6) is -0.640. The van der Waals surface area contributed by atoms with Crippen molar-refractivity contribution in [3.63, 3.8) is 0 Å². The number of aliphatic hydroxyl groups is 2. The largest absolute Gasteiger partial charge is 0.472 e. The van der Waals surface area contributed by atoms with E-state index < -0.39 is 127 Å². The highest BCUT2D eigenvalue weighted by atomic mass is 32.7. The summed E-state index contributed by atoms with van der Waals surface area (Å²) in [6, 6.07) is 0. The summed E-state index contributed by atoms with van der Waals surface area (Å²) in [5, 5.41) is 23.5. The van der Waals surface area contributed by atoms with E-state index in [9.17, 15) is 43.4 Å². The molecule has 0 aromatic carbocycles. The number of nitrogens with two attached hydrogens (primary N) is 3. The van der Waals surface area contributed by atoms with Crippen LogP contribution in [0.1, 0.15) is 52.3 Å². The number of fused-ring (bicyclic) bond motifs is 4. The molecule has 4 fully saturated rings. The maximum absolute atomic E-state index is 14.2. The Morgan fingerprint density at radius 2 is 1.23 bits per heavy atom. The van der Waals surface area contributed by atoms with Gasteiger partial charge in [-0.25, -0.2) is 58.6 Å². The molecule has 9 unspecified atom stereocenters. The van der Waals surface area contributed by atoms with E-state index in [-0.39, 0.29) is 76.3 Å². The molecule has 35 nitrogen and oxygen atoms in total. The number of phosphoric ester groups is 2. The van der Waals surface area contributed by atoms with Gasteiger partial charge in [0.2, 0.25) is 0 Å². The van der Waals surface area contributed by atoms with E-state index in [0.29, 0.717) is 17.8 Å². The first kappa shape index (κ1) is 58.2. The molecule has 6 aromatic rings. The van der Waals surface area contributed by atoms with Crippen LogP contribution in [0, 0.1) is 5.41 Å². The van der Waals surface area contributed by atoms with Gasteiger partial charge in [-0.05, 0) is 45.0 Å². The highest BCUT2D eigenvalue weighted by Crippen LogP contribution is 2.57. The first-order chi connectivity index (χ1) is 37.9. The van der Waals surface area contributed by atoms with Crippen molar-refractivity contribution in [2.75, 3.05) is 63.1 Å². The van der Waals surface area contributed by atoms with Gasteiger partial charge in [0, 0.05) is 19.5 Å². The van der Waals surface area contributed by atoms with E-state index in [4.69, 9.17) is 68.2 Å². The molecule has 6 aromatic heterocycles. The lowest BCUT2D eigenvalue weighted by Gasteiger charge is -2.38. The van der Waals surface area contributed by atoms with Gasteiger partial charge in [0.1, 0.15) is 96.6 Å². The Balaban J connectivity index is 0.857. The molecule has 0 amide bonds. The van der Waals surface area contributed by atoms with Crippen molar-refractivity contribution in [3.8, 4) is 0 Å². The first-order valence-corrected chi connectivity index (χ1v) is 30.4. The Morgan fingerprint density at radius 3 is 1.79 bits per heavy atom. The second-order valence-corrected chi connectivity index (χ2v) is 26.5. The molecule has 11 N–H and O–H groups in total. The van der Waals surface area contributed by atoms with E-state index in [2.05, 4.69) is 44.9 Å². The highest BCUT2D eigenvalue weighted by molar-refractivity contribution is 8.54. The fourth-order valence-electron chi connectivity index (χ4n) is 9.54. The number of rotatable bonds is 21. The van der Waals surface area contributed by atoms with Crippen LogP contribution in [0.3, 0.4) is 0 Å². The molecule has 436 valence electrons. The highest BCUT2D eigenvalue weighted by Gasteiger charge is 2.60. The number of methoxy groups -OCH3 is 1. The number of aromatic nitrogens is 12. The van der Waals surface area contributed by atoms with E-state index in [0.717, 1.165) is 12.7 Å². The fraction of sp³-hybridized carbons (Fsp3) is 0.610. The van der Waals surface area contributed by atoms with Crippen molar-refractivity contribution in [1.29, 1.82) is 0 Å². The average molecular weight is 1200 g/mol. The van der Waals surface area contributed by atoms with Gasteiger partial charge in [0.15, 0.2) is 53.1 Å². The molecular formula is C41H56N15O20P3S. The lowest BCUT2D eigenvalue weighted by Crippen LogP contribution is -2.51. The Morgan fingerprint density at radius 1 is 0.713 bits per heavy atom. The maximum atomic E-state index is 14.2. The van der Waals surface area contributed by atoms with Gasteiger partial charge in [-0.3, -0.25) is 41.1 Å². The predicted octanol–water partition coefficient (Wildman–Crippen LogP) is 0.675. The van der Waals surface area contributed by atoms with Gasteiger partial charge in [-0.1, -0.05) is 0 Å². The van der Waals surface area contributed by atoms with Crippen LogP contribution in [-0.4, -0.2) is 190 Å². The normalized spacial score (nSPS) is 30.4. The van der Waals surface area contributed by atoms with E-state index in [1.54, 1.807) is 20.8 Å². The van der Waals surface area contributed by atoms with Crippen LogP contribution in [0.5, 0.6) is 0 Å². The quantitative estimate of drug-likeness (QED) is 0.0279. The molecule has 0 bridgehead atoms. The molecule has 4 saturated heterocycles. The van der Waals surface area contributed by atoms with Crippen LogP contribution in [-0.2, 0) is 69.5 Å². The van der Waals surface area contributed by atoms with Crippen LogP contribution in [0.15, 0.2) is 38.0 Å². The zero-order valence-electron chi connectivity index (χ0n) is 42.7. The lowest BCUT2D eigenvalue weighted by atomic mass is 9.89. The van der Waals surface area contributed by atoms with Crippen LogP contribution in [0.2, 0.25) is 0 Å². The second-order valence-electron chi connectivity index (χ2n) is 19.7. The molecule has 4 aliphatic rings. The fourth-order valence-corrected chi connectivity index (χ4v) is 13.6. The van der Waals surface area contributed by atoms with Crippen molar-refractivity contribution in [2.24, 2.45) is 5.41 Å². The summed E-state index contributed by atoms with van der Waals surface area (Å²) in [5.41, 5.74) is 16.5. The Labute approximate surface area is 455 Å². The van der Waals surface area contributed by atoms with Gasteiger partial charge in [-0.15, -0.1) is 0 Å². The third-order valence-corrected chi connectivity index (χ3v) is 18.3. The number of nitrogen functional groups attached to an aromatic ring is 3. The number of hydrogen-bond donors (Lipinski definition) is 8. The average Bonchev–Trinajstić information content (AvgIpc) is 4.40. The minimum atomic E-state index is -5.39. The van der Waals surface area contributed by atoms with Gasteiger partial charge in [0.05, 0.1) is 44.2 Å². The van der Waals surface area contributed by atoms with Crippen LogP contribution in [0.4, 0.5) is 17.5 Å². The Kier molecular flexibility index (Phi) is 16.4. The van der Waals surface area contributed by atoms with E-state index >= 15 is 0 Å². The summed E-state index contributed by atoms with van der Waals surface area (Å²) in [4.78, 5) is 83.0. The number of phosphoric acid groups is 2. The predicted molar refractivity (Wildman–Crippen MR) is 272 cm³/mol. The summed E-state index contributed by atoms with van der Waals surface area (Å²) >= 11 is 0.482. The topological polar surface area (TPSA) is 480 Å². The van der Waals surface area contributed by atoms with Crippen molar-refractivity contribution in [2.45, 2.75) is 107 Å². The molecule has 0 aliphatic carbocycles. The molecule has 15 atom stereocenters. The number of imidazole rings is 3. The molecule has 10 heterocycles. The lowest BCUT2D eigenvalue weighted by molar-refractivity contribution is -0.165. The van der Waals surface area contributed by atoms with Crippen molar-refractivity contribution in [3.05, 3.63) is 38.0 Å².